The molecule has 0 radical (unpaired) electrons. The van der Waals surface area contributed by atoms with Crippen molar-refractivity contribution in [2.75, 3.05) is 0 Å². The largest absolute Gasteiger partial charge is 0.256 e. The molecule has 0 unspecified atom stereocenters. The zero-order chi connectivity index (χ0) is 30.2. The normalized spacial score (nSPS) is 11.9. The van der Waals surface area contributed by atoms with Gasteiger partial charge in [-0.05, 0) is 67.7 Å². The van der Waals surface area contributed by atoms with E-state index in [9.17, 15) is 0 Å². The second-order valence-electron chi connectivity index (χ2n) is 12.1. The van der Waals surface area contributed by atoms with Crippen LogP contribution in [0.4, 0.5) is 0 Å². The van der Waals surface area contributed by atoms with Gasteiger partial charge in [-0.15, -0.1) is 0 Å². The van der Waals surface area contributed by atoms with Crippen LogP contribution in [0.5, 0.6) is 0 Å². The first-order chi connectivity index (χ1) is 22.8. The SMILES string of the molecule is c1ccc2ncc(-c3ccc4ccc5ccc(-c6ccc(-c7ccc8ccc9cccc%10ccc7c8c9%10)cc6)nc5c4n3)cc2c1. The van der Waals surface area contributed by atoms with Crippen molar-refractivity contribution in [3.05, 3.63) is 152 Å². The molecule has 3 aromatic heterocycles. The summed E-state index contributed by atoms with van der Waals surface area (Å²) in [6.45, 7) is 0. The van der Waals surface area contributed by atoms with Crippen LogP contribution >= 0.6 is 0 Å². The van der Waals surface area contributed by atoms with Crippen LogP contribution in [0, 0.1) is 0 Å². The highest BCUT2D eigenvalue weighted by Crippen LogP contribution is 2.39. The predicted octanol–water partition coefficient (Wildman–Crippen LogP) is 11.2. The van der Waals surface area contributed by atoms with E-state index in [0.29, 0.717) is 0 Å². The monoisotopic (exact) mass is 583 g/mol. The fourth-order valence-corrected chi connectivity index (χ4v) is 7.11. The number of para-hydroxylation sites is 1. The molecule has 212 valence electrons. The van der Waals surface area contributed by atoms with Gasteiger partial charge in [0, 0.05) is 33.5 Å². The number of aromatic nitrogens is 3. The first kappa shape index (κ1) is 25.2. The fourth-order valence-electron chi connectivity index (χ4n) is 7.11. The van der Waals surface area contributed by atoms with E-state index in [1.165, 1.54) is 43.4 Å². The number of pyridine rings is 3. The third-order valence-corrected chi connectivity index (χ3v) is 9.43. The lowest BCUT2D eigenvalue weighted by Crippen LogP contribution is -1.92. The van der Waals surface area contributed by atoms with Gasteiger partial charge in [0.15, 0.2) is 0 Å². The summed E-state index contributed by atoms with van der Waals surface area (Å²) in [5.41, 5.74) is 9.12. The summed E-state index contributed by atoms with van der Waals surface area (Å²) in [4.78, 5) is 15.0. The van der Waals surface area contributed by atoms with Crippen molar-refractivity contribution in [3.8, 4) is 33.6 Å². The van der Waals surface area contributed by atoms with Crippen molar-refractivity contribution in [2.45, 2.75) is 0 Å². The molecule has 3 heteroatoms. The third kappa shape index (κ3) is 3.82. The van der Waals surface area contributed by atoms with Crippen LogP contribution in [-0.4, -0.2) is 15.0 Å². The van der Waals surface area contributed by atoms with Crippen LogP contribution < -0.4 is 0 Å². The van der Waals surface area contributed by atoms with Crippen molar-refractivity contribution in [2.24, 2.45) is 0 Å². The molecule has 0 N–H and O–H groups in total. The summed E-state index contributed by atoms with van der Waals surface area (Å²) in [7, 11) is 0. The van der Waals surface area contributed by atoms with E-state index in [2.05, 4.69) is 132 Å². The van der Waals surface area contributed by atoms with Gasteiger partial charge in [0.2, 0.25) is 0 Å². The molecule has 3 heterocycles. The van der Waals surface area contributed by atoms with Gasteiger partial charge in [0.05, 0.1) is 27.9 Å². The highest BCUT2D eigenvalue weighted by molar-refractivity contribution is 6.25. The number of fused-ring (bicyclic) bond motifs is 4. The van der Waals surface area contributed by atoms with Crippen LogP contribution in [0.3, 0.4) is 0 Å². The Hall–Kier alpha value is -6.19. The maximum absolute atomic E-state index is 5.19. The third-order valence-electron chi connectivity index (χ3n) is 9.43. The Kier molecular flexibility index (Phi) is 5.28. The van der Waals surface area contributed by atoms with Crippen molar-refractivity contribution in [1.82, 2.24) is 15.0 Å². The van der Waals surface area contributed by atoms with Crippen LogP contribution in [-0.2, 0) is 0 Å². The molecular weight excluding hydrogens is 558 g/mol. The standard InChI is InChI=1S/C43H25N3/c1-2-7-37-33(4-1)24-34(25-44-37)39-23-19-32-15-14-31-18-22-38(45-42(31)43(32)46-39)27-10-8-26(9-11-27)35-20-16-30-13-12-28-5-3-6-29-17-21-36(35)41(30)40(28)29/h1-25H. The van der Waals surface area contributed by atoms with Crippen molar-refractivity contribution in [3.63, 3.8) is 0 Å². The van der Waals surface area contributed by atoms with Crippen LogP contribution in [0.15, 0.2) is 152 Å². The van der Waals surface area contributed by atoms with E-state index in [1.54, 1.807) is 0 Å². The van der Waals surface area contributed by atoms with E-state index in [-0.39, 0.29) is 0 Å². The molecule has 10 rings (SSSR count). The molecule has 7 aromatic carbocycles. The summed E-state index contributed by atoms with van der Waals surface area (Å²) < 4.78 is 0. The maximum Gasteiger partial charge on any atom is 0.0972 e. The van der Waals surface area contributed by atoms with E-state index >= 15 is 0 Å². The van der Waals surface area contributed by atoms with Gasteiger partial charge < -0.3 is 0 Å². The highest BCUT2D eigenvalue weighted by atomic mass is 14.8. The Morgan fingerprint density at radius 3 is 1.70 bits per heavy atom. The molecular formula is C43H25N3. The Bertz CT molecular complexity index is 2780. The Balaban J connectivity index is 1.07. The van der Waals surface area contributed by atoms with Crippen molar-refractivity contribution in [1.29, 1.82) is 0 Å². The summed E-state index contributed by atoms with van der Waals surface area (Å²) in [5, 5.41) is 11.1. The van der Waals surface area contributed by atoms with Gasteiger partial charge in [-0.3, -0.25) is 4.98 Å². The smallest absolute Gasteiger partial charge is 0.0972 e. The van der Waals surface area contributed by atoms with Crippen LogP contribution in [0.1, 0.15) is 0 Å². The Morgan fingerprint density at radius 2 is 0.935 bits per heavy atom. The Morgan fingerprint density at radius 1 is 0.370 bits per heavy atom. The van der Waals surface area contributed by atoms with Crippen molar-refractivity contribution < 1.29 is 0 Å². The quantitative estimate of drug-likeness (QED) is 0.194. The lowest BCUT2D eigenvalue weighted by Gasteiger charge is -2.14. The molecule has 0 aliphatic heterocycles. The van der Waals surface area contributed by atoms with E-state index in [4.69, 9.17) is 9.97 Å². The van der Waals surface area contributed by atoms with Crippen LogP contribution in [0.25, 0.3) is 98.7 Å². The molecule has 0 fully saturated rings. The van der Waals surface area contributed by atoms with Gasteiger partial charge >= 0.3 is 0 Å². The molecule has 3 nitrogen and oxygen atoms in total. The average Bonchev–Trinajstić information content (AvgIpc) is 3.13. The highest BCUT2D eigenvalue weighted by Gasteiger charge is 2.13. The molecule has 0 aliphatic rings. The number of nitrogens with zero attached hydrogens (tertiary/aromatic N) is 3. The molecule has 0 bridgehead atoms. The molecule has 46 heavy (non-hydrogen) atoms. The van der Waals surface area contributed by atoms with Gasteiger partial charge in [-0.25, -0.2) is 9.97 Å². The minimum Gasteiger partial charge on any atom is -0.256 e. The van der Waals surface area contributed by atoms with Gasteiger partial charge in [-0.2, -0.15) is 0 Å². The van der Waals surface area contributed by atoms with E-state index in [0.717, 1.165) is 55.2 Å². The fraction of sp³-hybridized carbons (Fsp3) is 0. The number of hydrogen-bond donors (Lipinski definition) is 0. The zero-order valence-electron chi connectivity index (χ0n) is 24.8. The molecule has 0 aliphatic carbocycles. The molecule has 0 saturated carbocycles. The summed E-state index contributed by atoms with van der Waals surface area (Å²) in [6, 6.07) is 51.9. The first-order valence-corrected chi connectivity index (χ1v) is 15.6. The van der Waals surface area contributed by atoms with E-state index in [1.807, 2.05) is 24.4 Å². The molecule has 0 atom stereocenters. The lowest BCUT2D eigenvalue weighted by atomic mass is 9.89. The molecule has 0 spiro atoms. The zero-order valence-corrected chi connectivity index (χ0v) is 24.8. The van der Waals surface area contributed by atoms with E-state index < -0.39 is 0 Å². The number of rotatable bonds is 3. The minimum absolute atomic E-state index is 0.892. The Labute approximate surface area is 264 Å². The van der Waals surface area contributed by atoms with Crippen molar-refractivity contribution >= 4 is 65.0 Å². The second kappa shape index (κ2) is 9.65. The summed E-state index contributed by atoms with van der Waals surface area (Å²) in [6.07, 6.45) is 1.91. The van der Waals surface area contributed by atoms with Gasteiger partial charge in [0.25, 0.3) is 0 Å². The minimum atomic E-state index is 0.892. The molecule has 10 aromatic rings. The maximum atomic E-state index is 5.19. The second-order valence-corrected chi connectivity index (χ2v) is 12.1. The van der Waals surface area contributed by atoms with Crippen LogP contribution in [0.2, 0.25) is 0 Å². The topological polar surface area (TPSA) is 38.7 Å². The summed E-state index contributed by atoms with van der Waals surface area (Å²) >= 11 is 0. The lowest BCUT2D eigenvalue weighted by molar-refractivity contribution is 1.34. The summed E-state index contributed by atoms with van der Waals surface area (Å²) in [5.74, 6) is 0. The first-order valence-electron chi connectivity index (χ1n) is 15.6. The number of benzene rings is 7. The predicted molar refractivity (Wildman–Crippen MR) is 192 cm³/mol. The molecule has 0 saturated heterocycles. The average molecular weight is 584 g/mol. The van der Waals surface area contributed by atoms with Gasteiger partial charge in [-0.1, -0.05) is 121 Å². The number of hydrogen-bond acceptors (Lipinski definition) is 3. The van der Waals surface area contributed by atoms with Gasteiger partial charge in [0.1, 0.15) is 0 Å². The molecule has 0 amide bonds.